The Bertz CT molecular complexity index is 827. The molecular formula is C18H18BrN5O. The molecule has 0 spiro atoms. The molecule has 0 saturated carbocycles. The number of nitriles is 1. The molecular weight excluding hydrogens is 382 g/mol. The monoisotopic (exact) mass is 399 g/mol. The number of rotatable bonds is 2. The lowest BCUT2D eigenvalue weighted by atomic mass is 10.1. The van der Waals surface area contributed by atoms with Crippen molar-refractivity contribution >= 4 is 27.6 Å². The Kier molecular flexibility index (Phi) is 4.55. The summed E-state index contributed by atoms with van der Waals surface area (Å²) < 4.78 is 6.48. The van der Waals surface area contributed by atoms with E-state index in [2.05, 4.69) is 36.8 Å². The van der Waals surface area contributed by atoms with E-state index in [0.717, 1.165) is 60.0 Å². The zero-order valence-electron chi connectivity index (χ0n) is 13.8. The maximum atomic E-state index is 9.53. The molecule has 1 fully saturated rings. The highest BCUT2D eigenvalue weighted by Gasteiger charge is 2.24. The molecule has 2 aromatic heterocycles. The van der Waals surface area contributed by atoms with Crippen LogP contribution in [-0.2, 0) is 17.8 Å². The first-order valence-electron chi connectivity index (χ1n) is 8.37. The first-order chi connectivity index (χ1) is 12.3. The van der Waals surface area contributed by atoms with E-state index in [1.54, 1.807) is 0 Å². The zero-order chi connectivity index (χ0) is 17.2. The van der Waals surface area contributed by atoms with Gasteiger partial charge in [0.15, 0.2) is 0 Å². The number of ether oxygens (including phenoxy) is 1. The lowest BCUT2D eigenvalue weighted by molar-refractivity contribution is 0.109. The van der Waals surface area contributed by atoms with E-state index >= 15 is 0 Å². The number of hydrogen-bond donors (Lipinski definition) is 0. The van der Waals surface area contributed by atoms with Crippen LogP contribution in [0.25, 0.3) is 0 Å². The van der Waals surface area contributed by atoms with Crippen molar-refractivity contribution in [2.75, 3.05) is 42.6 Å². The van der Waals surface area contributed by atoms with Crippen LogP contribution in [0.2, 0.25) is 0 Å². The maximum Gasteiger partial charge on any atom is 0.146 e. The van der Waals surface area contributed by atoms with Crippen LogP contribution in [0, 0.1) is 11.3 Å². The second-order valence-electron chi connectivity index (χ2n) is 6.16. The average Bonchev–Trinajstić information content (AvgIpc) is 2.67. The van der Waals surface area contributed by atoms with Crippen LogP contribution >= 0.6 is 15.9 Å². The second-order valence-corrected chi connectivity index (χ2v) is 7.02. The molecule has 0 N–H and O–H groups in total. The molecule has 0 amide bonds. The Morgan fingerprint density at radius 3 is 2.64 bits per heavy atom. The van der Waals surface area contributed by atoms with Crippen molar-refractivity contribution < 1.29 is 4.74 Å². The summed E-state index contributed by atoms with van der Waals surface area (Å²) in [6, 6.07) is 8.17. The van der Waals surface area contributed by atoms with Gasteiger partial charge in [0.2, 0.25) is 0 Å². The van der Waals surface area contributed by atoms with Crippen molar-refractivity contribution in [1.29, 1.82) is 5.26 Å². The van der Waals surface area contributed by atoms with Crippen LogP contribution in [-0.4, -0.2) is 42.8 Å². The van der Waals surface area contributed by atoms with Gasteiger partial charge in [-0.15, -0.1) is 0 Å². The Hall–Kier alpha value is -2.17. The van der Waals surface area contributed by atoms with Crippen LogP contribution in [0.3, 0.4) is 0 Å². The number of fused-ring (bicyclic) bond motifs is 1. The smallest absolute Gasteiger partial charge is 0.146 e. The Balaban J connectivity index is 1.55. The number of aromatic nitrogens is 2. The molecule has 128 valence electrons. The summed E-state index contributed by atoms with van der Waals surface area (Å²) in [5, 5.41) is 9.53. The third-order valence-electron chi connectivity index (χ3n) is 4.65. The first kappa shape index (κ1) is 16.3. The van der Waals surface area contributed by atoms with Crippen LogP contribution in [0.15, 0.2) is 28.9 Å². The van der Waals surface area contributed by atoms with E-state index in [0.29, 0.717) is 18.8 Å². The fourth-order valence-electron chi connectivity index (χ4n) is 3.34. The molecule has 2 aliphatic rings. The van der Waals surface area contributed by atoms with Crippen molar-refractivity contribution in [3.8, 4) is 6.07 Å². The highest BCUT2D eigenvalue weighted by Crippen LogP contribution is 2.28. The SMILES string of the molecule is N#Cc1cc2c(nc1N1CCN(c3ncccc3Br)CC1)CCOC2. The molecule has 0 atom stereocenters. The zero-order valence-corrected chi connectivity index (χ0v) is 15.4. The highest BCUT2D eigenvalue weighted by atomic mass is 79.9. The van der Waals surface area contributed by atoms with Gasteiger partial charge in [-0.05, 0) is 34.1 Å². The summed E-state index contributed by atoms with van der Waals surface area (Å²) >= 11 is 3.57. The van der Waals surface area contributed by atoms with Crippen molar-refractivity contribution in [2.24, 2.45) is 0 Å². The van der Waals surface area contributed by atoms with E-state index in [1.165, 1.54) is 0 Å². The Labute approximate surface area is 155 Å². The molecule has 0 unspecified atom stereocenters. The quantitative estimate of drug-likeness (QED) is 0.772. The lowest BCUT2D eigenvalue weighted by Gasteiger charge is -2.37. The molecule has 4 rings (SSSR count). The van der Waals surface area contributed by atoms with Gasteiger partial charge in [-0.3, -0.25) is 0 Å². The minimum atomic E-state index is 0.554. The molecule has 1 saturated heterocycles. The van der Waals surface area contributed by atoms with Crippen molar-refractivity contribution in [3.63, 3.8) is 0 Å². The molecule has 0 aliphatic carbocycles. The Morgan fingerprint density at radius 1 is 1.16 bits per heavy atom. The number of nitrogens with zero attached hydrogens (tertiary/aromatic N) is 5. The summed E-state index contributed by atoms with van der Waals surface area (Å²) in [7, 11) is 0. The summed E-state index contributed by atoms with van der Waals surface area (Å²) in [4.78, 5) is 13.7. The van der Waals surface area contributed by atoms with E-state index in [-0.39, 0.29) is 0 Å². The number of hydrogen-bond acceptors (Lipinski definition) is 6. The number of pyridine rings is 2. The van der Waals surface area contributed by atoms with Crippen LogP contribution < -0.4 is 9.80 Å². The van der Waals surface area contributed by atoms with Crippen molar-refractivity contribution in [1.82, 2.24) is 9.97 Å². The van der Waals surface area contributed by atoms with E-state index in [4.69, 9.17) is 9.72 Å². The standard InChI is InChI=1S/C18H18BrN5O/c19-15-2-1-4-21-18(15)24-7-5-23(6-8-24)17-13(11-20)10-14-12-25-9-3-16(14)22-17/h1-2,4,10H,3,5-9,12H2. The molecule has 2 aliphatic heterocycles. The van der Waals surface area contributed by atoms with E-state index in [1.807, 2.05) is 24.4 Å². The van der Waals surface area contributed by atoms with Gasteiger partial charge in [0, 0.05) is 44.4 Å². The van der Waals surface area contributed by atoms with Gasteiger partial charge in [0.25, 0.3) is 0 Å². The van der Waals surface area contributed by atoms with Crippen LogP contribution in [0.5, 0.6) is 0 Å². The van der Waals surface area contributed by atoms with Gasteiger partial charge in [-0.2, -0.15) is 5.26 Å². The van der Waals surface area contributed by atoms with E-state index < -0.39 is 0 Å². The van der Waals surface area contributed by atoms with Gasteiger partial charge in [0.05, 0.1) is 28.9 Å². The van der Waals surface area contributed by atoms with Gasteiger partial charge in [-0.1, -0.05) is 0 Å². The Morgan fingerprint density at radius 2 is 1.92 bits per heavy atom. The predicted octanol–water partition coefficient (Wildman–Crippen LogP) is 2.51. The third-order valence-corrected chi connectivity index (χ3v) is 5.27. The average molecular weight is 400 g/mol. The predicted molar refractivity (Wildman–Crippen MR) is 98.7 cm³/mol. The molecule has 0 bridgehead atoms. The fourth-order valence-corrected chi connectivity index (χ4v) is 3.84. The summed E-state index contributed by atoms with van der Waals surface area (Å²) in [5.74, 6) is 1.78. The largest absolute Gasteiger partial charge is 0.376 e. The molecule has 2 aromatic rings. The number of halogens is 1. The lowest BCUT2D eigenvalue weighted by Crippen LogP contribution is -2.47. The molecule has 4 heterocycles. The highest BCUT2D eigenvalue weighted by molar-refractivity contribution is 9.10. The minimum Gasteiger partial charge on any atom is -0.376 e. The summed E-state index contributed by atoms with van der Waals surface area (Å²) in [5.41, 5.74) is 2.74. The van der Waals surface area contributed by atoms with E-state index in [9.17, 15) is 5.26 Å². The normalized spacial score (nSPS) is 17.1. The molecule has 25 heavy (non-hydrogen) atoms. The van der Waals surface area contributed by atoms with Crippen molar-refractivity contribution in [3.05, 3.63) is 45.7 Å². The van der Waals surface area contributed by atoms with Gasteiger partial charge in [-0.25, -0.2) is 9.97 Å². The number of anilines is 2. The first-order valence-corrected chi connectivity index (χ1v) is 9.16. The van der Waals surface area contributed by atoms with Gasteiger partial charge >= 0.3 is 0 Å². The number of piperazine rings is 1. The fraction of sp³-hybridized carbons (Fsp3) is 0.389. The second kappa shape index (κ2) is 6.98. The molecule has 6 nitrogen and oxygen atoms in total. The minimum absolute atomic E-state index is 0.554. The molecule has 0 aromatic carbocycles. The summed E-state index contributed by atoms with van der Waals surface area (Å²) in [6.45, 7) is 4.59. The van der Waals surface area contributed by atoms with Crippen molar-refractivity contribution in [2.45, 2.75) is 13.0 Å². The maximum absolute atomic E-state index is 9.53. The third kappa shape index (κ3) is 3.20. The summed E-state index contributed by atoms with van der Waals surface area (Å²) in [6.07, 6.45) is 2.63. The van der Waals surface area contributed by atoms with Gasteiger partial charge < -0.3 is 14.5 Å². The van der Waals surface area contributed by atoms with Crippen LogP contribution in [0.4, 0.5) is 11.6 Å². The molecule has 0 radical (unpaired) electrons. The topological polar surface area (TPSA) is 65.3 Å². The van der Waals surface area contributed by atoms with Gasteiger partial charge in [0.1, 0.15) is 17.7 Å². The van der Waals surface area contributed by atoms with Crippen LogP contribution in [0.1, 0.15) is 16.8 Å². The molecule has 7 heteroatoms.